The van der Waals surface area contributed by atoms with Crippen molar-refractivity contribution < 1.29 is 28.9 Å². The molecule has 2 atom stereocenters. The lowest BCUT2D eigenvalue weighted by atomic mass is 9.89. The molecule has 10 nitrogen and oxygen atoms in total. The third kappa shape index (κ3) is 4.48. The number of phenols is 1. The lowest BCUT2D eigenvalue weighted by Crippen LogP contribution is -2.53. The topological polar surface area (TPSA) is 128 Å². The van der Waals surface area contributed by atoms with E-state index in [9.17, 15) is 19.4 Å². The van der Waals surface area contributed by atoms with E-state index < -0.39 is 23.9 Å². The molecular formula is C21H24FN5O5. The molecule has 170 valence electrons. The second-order valence-corrected chi connectivity index (χ2v) is 7.42. The Morgan fingerprint density at radius 3 is 2.88 bits per heavy atom. The Morgan fingerprint density at radius 2 is 2.19 bits per heavy atom. The number of phenolic OH excluding ortho intramolecular Hbond substituents is 1. The molecule has 3 N–H and O–H groups in total. The van der Waals surface area contributed by atoms with Gasteiger partial charge >= 0.3 is 5.97 Å². The Morgan fingerprint density at radius 1 is 1.41 bits per heavy atom. The van der Waals surface area contributed by atoms with Gasteiger partial charge in [-0.15, -0.1) is 0 Å². The van der Waals surface area contributed by atoms with Gasteiger partial charge in [0.05, 0.1) is 43.8 Å². The van der Waals surface area contributed by atoms with Crippen LogP contribution in [0, 0.1) is 5.82 Å². The molecule has 3 heterocycles. The average Bonchev–Trinajstić information content (AvgIpc) is 2.79. The van der Waals surface area contributed by atoms with Gasteiger partial charge in [0.1, 0.15) is 23.3 Å². The molecule has 0 saturated carbocycles. The molecule has 1 aromatic rings. The van der Waals surface area contributed by atoms with E-state index in [0.717, 1.165) is 6.07 Å². The van der Waals surface area contributed by atoms with Gasteiger partial charge in [-0.3, -0.25) is 4.99 Å². The minimum atomic E-state index is -1.16. The summed E-state index contributed by atoms with van der Waals surface area (Å²) in [5.41, 5.74) is 1.18. The zero-order chi connectivity index (χ0) is 22.7. The number of nitrogens with one attached hydrogen (secondary N) is 1. The highest BCUT2D eigenvalue weighted by Gasteiger charge is 2.40. The number of rotatable bonds is 5. The van der Waals surface area contributed by atoms with Crippen molar-refractivity contribution in [1.82, 2.24) is 10.2 Å². The molecule has 32 heavy (non-hydrogen) atoms. The molecule has 1 fully saturated rings. The van der Waals surface area contributed by atoms with Crippen LogP contribution in [0.1, 0.15) is 11.6 Å². The minimum absolute atomic E-state index is 0.0678. The van der Waals surface area contributed by atoms with E-state index >= 15 is 0 Å². The van der Waals surface area contributed by atoms with E-state index in [1.165, 1.54) is 18.2 Å². The molecule has 3 aliphatic rings. The summed E-state index contributed by atoms with van der Waals surface area (Å²) < 4.78 is 24.1. The van der Waals surface area contributed by atoms with Gasteiger partial charge in [-0.05, 0) is 12.1 Å². The van der Waals surface area contributed by atoms with Crippen LogP contribution in [0.4, 0.5) is 4.39 Å². The summed E-state index contributed by atoms with van der Waals surface area (Å²) >= 11 is 0. The lowest BCUT2D eigenvalue weighted by molar-refractivity contribution is -0.133. The smallest absolute Gasteiger partial charge is 0.352 e. The van der Waals surface area contributed by atoms with E-state index in [2.05, 4.69) is 10.3 Å². The average molecular weight is 445 g/mol. The third-order valence-corrected chi connectivity index (χ3v) is 5.35. The molecule has 0 spiro atoms. The number of benzene rings is 1. The molecule has 0 bridgehead atoms. The fourth-order valence-corrected chi connectivity index (χ4v) is 3.78. The molecule has 0 aliphatic carbocycles. The van der Waals surface area contributed by atoms with E-state index in [1.807, 2.05) is 4.90 Å². The number of aliphatic carboxylic acids is 1. The second-order valence-electron chi connectivity index (χ2n) is 7.42. The highest BCUT2D eigenvalue weighted by atomic mass is 19.1. The number of guanidine groups is 1. The molecule has 1 saturated heterocycles. The number of hydrogen-bond donors (Lipinski definition) is 3. The van der Waals surface area contributed by atoms with Gasteiger partial charge in [-0.1, -0.05) is 6.07 Å². The first-order valence-electron chi connectivity index (χ1n) is 10.2. The summed E-state index contributed by atoms with van der Waals surface area (Å²) in [4.78, 5) is 27.7. The van der Waals surface area contributed by atoms with Crippen LogP contribution in [0.3, 0.4) is 0 Å². The number of carboxylic acids is 1. The first kappa shape index (κ1) is 21.9. The number of allylic oxidation sites excluding steroid dienone is 1. The predicted octanol–water partition coefficient (Wildman–Crippen LogP) is 0.743. The number of ether oxygens (including phenoxy) is 2. The van der Waals surface area contributed by atoms with Gasteiger partial charge in [0.2, 0.25) is 5.96 Å². The van der Waals surface area contributed by atoms with Gasteiger partial charge in [0, 0.05) is 31.8 Å². The minimum Gasteiger partial charge on any atom is -0.507 e. The predicted molar refractivity (Wildman–Crippen MR) is 115 cm³/mol. The fourth-order valence-electron chi connectivity index (χ4n) is 3.78. The Kier molecular flexibility index (Phi) is 6.47. The lowest BCUT2D eigenvalue weighted by Gasteiger charge is -2.37. The molecule has 2 unspecified atom stereocenters. The second kappa shape index (κ2) is 9.45. The monoisotopic (exact) mass is 445 g/mol. The van der Waals surface area contributed by atoms with Crippen molar-refractivity contribution >= 4 is 23.4 Å². The van der Waals surface area contributed by atoms with E-state index in [4.69, 9.17) is 19.5 Å². The Labute approximate surface area is 183 Å². The van der Waals surface area contributed by atoms with Crippen LogP contribution in [-0.2, 0) is 14.3 Å². The number of hydrogen-bond acceptors (Lipinski definition) is 9. The first-order valence-corrected chi connectivity index (χ1v) is 10.2. The van der Waals surface area contributed by atoms with Crippen LogP contribution in [0.5, 0.6) is 5.75 Å². The van der Waals surface area contributed by atoms with Crippen molar-refractivity contribution in [1.29, 1.82) is 0 Å². The van der Waals surface area contributed by atoms with Gasteiger partial charge in [0.25, 0.3) is 0 Å². The zero-order valence-corrected chi connectivity index (χ0v) is 17.5. The zero-order valence-electron chi connectivity index (χ0n) is 17.5. The van der Waals surface area contributed by atoms with E-state index in [0.29, 0.717) is 62.4 Å². The molecule has 11 heteroatoms. The summed E-state index contributed by atoms with van der Waals surface area (Å²) in [7, 11) is 1.55. The van der Waals surface area contributed by atoms with Gasteiger partial charge in [-0.25, -0.2) is 19.2 Å². The summed E-state index contributed by atoms with van der Waals surface area (Å²) in [5, 5.41) is 23.0. The van der Waals surface area contributed by atoms with Crippen molar-refractivity contribution in [2.75, 3.05) is 46.6 Å². The van der Waals surface area contributed by atoms with Crippen LogP contribution < -0.4 is 5.32 Å². The number of halogens is 1. The van der Waals surface area contributed by atoms with E-state index in [-0.39, 0.29) is 11.4 Å². The standard InChI is InChI=1S/C21H24FN5O5/c1-31-7-4-23-14-11-15(20(29)30)24-19-17(13-3-2-12(22)10-16(13)28)25-21(26-18(14)19)27-5-8-32-9-6-27/h2-3,10-11,17,19,24,28H,4-9H2,1H3,(H,29,30). The first-order chi connectivity index (χ1) is 15.5. The van der Waals surface area contributed by atoms with Crippen LogP contribution in [0.2, 0.25) is 0 Å². The highest BCUT2D eigenvalue weighted by molar-refractivity contribution is 6.51. The van der Waals surface area contributed by atoms with Crippen molar-refractivity contribution in [2.24, 2.45) is 15.0 Å². The molecule has 0 aromatic heterocycles. The highest BCUT2D eigenvalue weighted by Crippen LogP contribution is 2.35. The van der Waals surface area contributed by atoms with Crippen LogP contribution in [0.25, 0.3) is 0 Å². The van der Waals surface area contributed by atoms with Gasteiger partial charge in [-0.2, -0.15) is 0 Å². The maximum absolute atomic E-state index is 13.6. The van der Waals surface area contributed by atoms with Crippen LogP contribution in [0.15, 0.2) is 44.9 Å². The summed E-state index contributed by atoms with van der Waals surface area (Å²) in [6.45, 7) is 2.89. The van der Waals surface area contributed by atoms with Gasteiger partial charge < -0.3 is 29.9 Å². The maximum Gasteiger partial charge on any atom is 0.352 e. The summed E-state index contributed by atoms with van der Waals surface area (Å²) in [5.74, 6) is -1.58. The van der Waals surface area contributed by atoms with Crippen molar-refractivity contribution in [3.05, 3.63) is 41.4 Å². The number of aliphatic imine (C=N–C) groups is 3. The normalized spacial score (nSPS) is 24.2. The number of carbonyl (C=O) groups is 1. The van der Waals surface area contributed by atoms with Crippen LogP contribution in [-0.4, -0.2) is 91.1 Å². The SMILES string of the molecule is COCCN=C1C=C(C(=O)O)NC2C1=NC(N1CCOCC1)=NC2c1ccc(F)cc1O. The van der Waals surface area contributed by atoms with Crippen molar-refractivity contribution in [3.8, 4) is 5.75 Å². The summed E-state index contributed by atoms with van der Waals surface area (Å²) in [6, 6.07) is 2.22. The molecule has 3 aliphatic heterocycles. The van der Waals surface area contributed by atoms with Crippen molar-refractivity contribution in [2.45, 2.75) is 12.1 Å². The fraction of sp³-hybridized carbons (Fsp3) is 0.429. The molecule has 0 radical (unpaired) electrons. The Hall–Kier alpha value is -3.31. The number of nitrogens with zero attached hydrogens (tertiary/aromatic N) is 4. The number of aromatic hydroxyl groups is 1. The number of fused-ring (bicyclic) bond motifs is 1. The Bertz CT molecular complexity index is 1020. The number of methoxy groups -OCH3 is 1. The maximum atomic E-state index is 13.6. The Balaban J connectivity index is 1.82. The largest absolute Gasteiger partial charge is 0.507 e. The van der Waals surface area contributed by atoms with Gasteiger partial charge in [0.15, 0.2) is 0 Å². The third-order valence-electron chi connectivity index (χ3n) is 5.35. The molecular weight excluding hydrogens is 421 g/mol. The van der Waals surface area contributed by atoms with Crippen molar-refractivity contribution in [3.63, 3.8) is 0 Å². The molecule has 4 rings (SSSR count). The number of morpholine rings is 1. The number of carboxylic acid groups (broad SMARTS) is 1. The quantitative estimate of drug-likeness (QED) is 0.571. The van der Waals surface area contributed by atoms with Crippen LogP contribution >= 0.6 is 0 Å². The van der Waals surface area contributed by atoms with E-state index in [1.54, 1.807) is 7.11 Å². The summed E-state index contributed by atoms with van der Waals surface area (Å²) in [6.07, 6.45) is 1.43. The molecule has 1 aromatic carbocycles. The molecule has 0 amide bonds.